The first kappa shape index (κ1) is 27.1. The molecule has 0 saturated heterocycles. The molecule has 6 nitrogen and oxygen atoms in total. The summed E-state index contributed by atoms with van der Waals surface area (Å²) in [6.07, 6.45) is 0. The van der Waals surface area contributed by atoms with Crippen molar-refractivity contribution in [3.63, 3.8) is 0 Å². The summed E-state index contributed by atoms with van der Waals surface area (Å²) >= 11 is 6.30. The van der Waals surface area contributed by atoms with Crippen molar-refractivity contribution in [2.24, 2.45) is 0 Å². The van der Waals surface area contributed by atoms with Gasteiger partial charge in [0.05, 0.1) is 27.6 Å². The van der Waals surface area contributed by atoms with E-state index in [0.717, 1.165) is 3.57 Å². The number of amides is 3. The molecular weight excluding hydrogens is 723 g/mol. The van der Waals surface area contributed by atoms with Crippen LogP contribution in [0.3, 0.4) is 0 Å². The lowest BCUT2D eigenvalue weighted by molar-refractivity contribution is -0.117. The van der Waals surface area contributed by atoms with Gasteiger partial charge in [0.25, 0.3) is 5.91 Å². The van der Waals surface area contributed by atoms with Crippen molar-refractivity contribution in [3.8, 4) is 0 Å². The minimum atomic E-state index is -0.298. The molecule has 0 aliphatic carbocycles. The first-order valence-electron chi connectivity index (χ1n) is 9.13. The lowest BCUT2D eigenvalue weighted by atomic mass is 10.1. The Kier molecular flexibility index (Phi) is 11.0. The fourth-order valence-corrected chi connectivity index (χ4v) is 7.56. The van der Waals surface area contributed by atoms with Crippen molar-refractivity contribution in [1.29, 1.82) is 0 Å². The molecular formula is C21H24I3N3O3. The molecule has 1 N–H and O–H groups in total. The van der Waals surface area contributed by atoms with Crippen LogP contribution in [0.15, 0.2) is 30.3 Å². The van der Waals surface area contributed by atoms with Crippen LogP contribution in [0.25, 0.3) is 0 Å². The van der Waals surface area contributed by atoms with E-state index in [0.29, 0.717) is 29.8 Å². The minimum Gasteiger partial charge on any atom is -0.322 e. The van der Waals surface area contributed by atoms with E-state index >= 15 is 0 Å². The minimum absolute atomic E-state index is 0.164. The first-order chi connectivity index (χ1) is 14.1. The molecule has 2 rings (SSSR count). The lowest BCUT2D eigenvalue weighted by Crippen LogP contribution is -2.31. The normalized spacial score (nSPS) is 9.90. The molecule has 0 spiro atoms. The molecule has 0 saturated carbocycles. The average Bonchev–Trinajstić information content (AvgIpc) is 2.69. The molecule has 0 aromatic heterocycles. The van der Waals surface area contributed by atoms with Crippen molar-refractivity contribution in [2.45, 2.75) is 27.7 Å². The van der Waals surface area contributed by atoms with Crippen LogP contribution in [0.2, 0.25) is 0 Å². The Hall–Kier alpha value is -0.960. The van der Waals surface area contributed by atoms with Crippen LogP contribution in [0.4, 0.5) is 17.1 Å². The standard InChI is InChI=1S/C19H18I3N3O3.C2H6/c1-10(26)24(3)17-14(20)13(19(28)23-12-8-6-5-7-9-12)15(21)18(16(17)22)25(4)11(2)27;1-2/h5-9H,1-4H3,(H,23,28);1-2H3. The first-order valence-corrected chi connectivity index (χ1v) is 12.4. The van der Waals surface area contributed by atoms with Crippen molar-refractivity contribution in [3.05, 3.63) is 46.6 Å². The number of hydrogen-bond donors (Lipinski definition) is 1. The molecule has 9 heteroatoms. The Bertz CT molecular complexity index is 902. The van der Waals surface area contributed by atoms with Gasteiger partial charge in [0, 0.05) is 33.6 Å². The Labute approximate surface area is 218 Å². The number of halogens is 3. The maximum atomic E-state index is 13.1. The van der Waals surface area contributed by atoms with Crippen LogP contribution in [0, 0.1) is 10.7 Å². The summed E-state index contributed by atoms with van der Waals surface area (Å²) in [7, 11) is 3.32. The van der Waals surface area contributed by atoms with Crippen LogP contribution in [-0.4, -0.2) is 31.8 Å². The SMILES string of the molecule is CC.CC(=O)N(C)c1c(I)c(C(=O)Nc2ccccc2)c(I)c(N(C)C(C)=O)c1I. The number of nitrogens with zero attached hydrogens (tertiary/aromatic N) is 2. The summed E-state index contributed by atoms with van der Waals surface area (Å²) in [5.41, 5.74) is 2.31. The third kappa shape index (κ3) is 6.05. The van der Waals surface area contributed by atoms with E-state index in [-0.39, 0.29) is 17.7 Å². The number of carbonyl (C=O) groups is 3. The lowest BCUT2D eigenvalue weighted by Gasteiger charge is -2.27. The molecule has 30 heavy (non-hydrogen) atoms. The van der Waals surface area contributed by atoms with E-state index in [1.165, 1.54) is 23.6 Å². The quantitative estimate of drug-likeness (QED) is 0.406. The van der Waals surface area contributed by atoms with Crippen molar-refractivity contribution >= 4 is 103 Å². The maximum absolute atomic E-state index is 13.1. The molecule has 162 valence electrons. The van der Waals surface area contributed by atoms with Gasteiger partial charge >= 0.3 is 0 Å². The van der Waals surface area contributed by atoms with Gasteiger partial charge in [-0.05, 0) is 79.9 Å². The number of anilines is 3. The zero-order valence-electron chi connectivity index (χ0n) is 17.6. The number of nitrogens with one attached hydrogen (secondary N) is 1. The van der Waals surface area contributed by atoms with Crippen LogP contribution < -0.4 is 15.1 Å². The zero-order valence-corrected chi connectivity index (χ0v) is 24.1. The van der Waals surface area contributed by atoms with Gasteiger partial charge in [-0.15, -0.1) is 0 Å². The summed E-state index contributed by atoms with van der Waals surface area (Å²) in [5.74, 6) is -0.626. The van der Waals surface area contributed by atoms with Crippen LogP contribution in [0.1, 0.15) is 38.1 Å². The molecule has 0 bridgehead atoms. The fourth-order valence-electron chi connectivity index (χ4n) is 2.46. The summed E-state index contributed by atoms with van der Waals surface area (Å²) in [6, 6.07) is 9.14. The molecule has 2 aromatic carbocycles. The molecule has 0 aliphatic heterocycles. The highest BCUT2D eigenvalue weighted by atomic mass is 127. The summed E-state index contributed by atoms with van der Waals surface area (Å²) in [6.45, 7) is 6.92. The van der Waals surface area contributed by atoms with Gasteiger partial charge in [0.15, 0.2) is 0 Å². The van der Waals surface area contributed by atoms with Gasteiger partial charge in [-0.2, -0.15) is 0 Å². The Morgan fingerprint density at radius 3 is 1.53 bits per heavy atom. The third-order valence-corrected chi connectivity index (χ3v) is 7.27. The van der Waals surface area contributed by atoms with Crippen molar-refractivity contribution in [1.82, 2.24) is 0 Å². The second-order valence-electron chi connectivity index (χ2n) is 5.99. The summed E-state index contributed by atoms with van der Waals surface area (Å²) < 4.78 is 2.04. The molecule has 0 heterocycles. The second-order valence-corrected chi connectivity index (χ2v) is 9.23. The number of hydrogen-bond acceptors (Lipinski definition) is 3. The largest absolute Gasteiger partial charge is 0.322 e. The molecule has 2 aromatic rings. The van der Waals surface area contributed by atoms with Crippen molar-refractivity contribution < 1.29 is 14.4 Å². The Morgan fingerprint density at radius 1 is 0.767 bits per heavy atom. The average molecular weight is 747 g/mol. The summed E-state index contributed by atoms with van der Waals surface area (Å²) in [5, 5.41) is 2.89. The van der Waals surface area contributed by atoms with E-state index in [9.17, 15) is 14.4 Å². The van der Waals surface area contributed by atoms with E-state index in [4.69, 9.17) is 0 Å². The molecule has 3 amide bonds. The van der Waals surface area contributed by atoms with Gasteiger partial charge < -0.3 is 15.1 Å². The second kappa shape index (κ2) is 12.2. The van der Waals surface area contributed by atoms with Gasteiger partial charge in [0.2, 0.25) is 11.8 Å². The van der Waals surface area contributed by atoms with Gasteiger partial charge in [0.1, 0.15) is 0 Å². The maximum Gasteiger partial charge on any atom is 0.257 e. The van der Waals surface area contributed by atoms with E-state index in [1.807, 2.05) is 32.0 Å². The predicted octanol–water partition coefficient (Wildman–Crippen LogP) is 5.74. The molecule has 0 fully saturated rings. The van der Waals surface area contributed by atoms with Gasteiger partial charge in [-0.3, -0.25) is 14.4 Å². The van der Waals surface area contributed by atoms with Crippen molar-refractivity contribution in [2.75, 3.05) is 29.2 Å². The van der Waals surface area contributed by atoms with E-state index in [2.05, 4.69) is 73.1 Å². The van der Waals surface area contributed by atoms with Gasteiger partial charge in [-0.1, -0.05) is 32.0 Å². The predicted molar refractivity (Wildman–Crippen MR) is 149 cm³/mol. The van der Waals surface area contributed by atoms with Crippen LogP contribution >= 0.6 is 67.8 Å². The fraction of sp³-hybridized carbons (Fsp3) is 0.286. The van der Waals surface area contributed by atoms with E-state index in [1.54, 1.807) is 26.2 Å². The monoisotopic (exact) mass is 747 g/mol. The number of carbonyl (C=O) groups excluding carboxylic acids is 3. The van der Waals surface area contributed by atoms with Crippen LogP contribution in [-0.2, 0) is 9.59 Å². The Balaban J connectivity index is 0.00000218. The molecule has 0 radical (unpaired) electrons. The van der Waals surface area contributed by atoms with Gasteiger partial charge in [-0.25, -0.2) is 0 Å². The zero-order chi connectivity index (χ0) is 23.2. The Morgan fingerprint density at radius 2 is 1.17 bits per heavy atom. The number of rotatable bonds is 4. The molecule has 0 atom stereocenters. The highest BCUT2D eigenvalue weighted by Crippen LogP contribution is 2.42. The van der Waals surface area contributed by atoms with Crippen LogP contribution in [0.5, 0.6) is 0 Å². The third-order valence-electron chi connectivity index (χ3n) is 4.14. The highest BCUT2D eigenvalue weighted by Gasteiger charge is 2.29. The highest BCUT2D eigenvalue weighted by molar-refractivity contribution is 14.1. The topological polar surface area (TPSA) is 69.7 Å². The molecule has 0 aliphatic rings. The number of para-hydroxylation sites is 1. The number of benzene rings is 2. The summed E-state index contributed by atoms with van der Waals surface area (Å²) in [4.78, 5) is 40.2. The van der Waals surface area contributed by atoms with E-state index < -0.39 is 0 Å². The molecule has 0 unspecified atom stereocenters. The smallest absolute Gasteiger partial charge is 0.257 e.